The number of carbonyl (C=O) groups excluding carboxylic acids is 2. The number of nitrogens with one attached hydrogen (secondary N) is 1. The van der Waals surface area contributed by atoms with Gasteiger partial charge in [-0.3, -0.25) is 9.59 Å². The molecule has 2 aromatic rings. The maximum absolute atomic E-state index is 13.0. The third-order valence-electron chi connectivity index (χ3n) is 4.50. The van der Waals surface area contributed by atoms with Crippen LogP contribution in [0.15, 0.2) is 36.9 Å². The van der Waals surface area contributed by atoms with Gasteiger partial charge < -0.3 is 19.5 Å². The average Bonchev–Trinajstić information content (AvgIpc) is 3.15. The van der Waals surface area contributed by atoms with Gasteiger partial charge in [-0.25, -0.2) is 4.98 Å². The highest BCUT2D eigenvalue weighted by Gasteiger charge is 2.29. The highest BCUT2D eigenvalue weighted by Crippen LogP contribution is 2.33. The lowest BCUT2D eigenvalue weighted by Crippen LogP contribution is -2.41. The second-order valence-corrected chi connectivity index (χ2v) is 6.08. The first-order valence-corrected chi connectivity index (χ1v) is 8.05. The summed E-state index contributed by atoms with van der Waals surface area (Å²) < 4.78 is 7.56. The standard InChI is InChI=1S/C17H18N4O3/c22-15-10-24-16-13(4-1-5-14(16)19-15)17(23)20-7-2-3-12(9-20)21-8-6-18-11-21/h1,4-6,8,11-12H,2-3,7,9-10H2,(H,19,22)/t12-/m1/s1. The largest absolute Gasteiger partial charge is 0.481 e. The van der Waals surface area contributed by atoms with Crippen LogP contribution in [-0.2, 0) is 4.79 Å². The number of ether oxygens (including phenoxy) is 1. The SMILES string of the molecule is O=C1COc2c(cccc2C(=O)N2CCC[C@@H](n3ccnc3)C2)N1. The molecular formula is C17H18N4O3. The molecule has 0 bridgehead atoms. The molecule has 7 nitrogen and oxygen atoms in total. The molecule has 1 aromatic carbocycles. The van der Waals surface area contributed by atoms with Crippen LogP contribution < -0.4 is 10.1 Å². The fourth-order valence-corrected chi connectivity index (χ4v) is 3.32. The second kappa shape index (κ2) is 5.99. The Morgan fingerprint density at radius 2 is 2.29 bits per heavy atom. The molecule has 7 heteroatoms. The minimum atomic E-state index is -0.203. The molecule has 0 radical (unpaired) electrons. The maximum atomic E-state index is 13.0. The number of para-hydroxylation sites is 1. The van der Waals surface area contributed by atoms with Crippen molar-refractivity contribution >= 4 is 17.5 Å². The summed E-state index contributed by atoms with van der Waals surface area (Å²) in [7, 11) is 0. The van der Waals surface area contributed by atoms with Crippen molar-refractivity contribution in [2.24, 2.45) is 0 Å². The van der Waals surface area contributed by atoms with Gasteiger partial charge in [-0.1, -0.05) is 6.07 Å². The number of piperidine rings is 1. The Morgan fingerprint density at radius 1 is 1.38 bits per heavy atom. The zero-order valence-corrected chi connectivity index (χ0v) is 13.1. The summed E-state index contributed by atoms with van der Waals surface area (Å²) in [5.74, 6) is 0.199. The smallest absolute Gasteiger partial charge is 0.262 e. The summed E-state index contributed by atoms with van der Waals surface area (Å²) in [5.41, 5.74) is 1.05. The Kier molecular flexibility index (Phi) is 3.68. The van der Waals surface area contributed by atoms with Crippen molar-refractivity contribution in [1.82, 2.24) is 14.5 Å². The highest BCUT2D eigenvalue weighted by molar-refractivity contribution is 6.03. The van der Waals surface area contributed by atoms with Crippen molar-refractivity contribution in [3.63, 3.8) is 0 Å². The van der Waals surface area contributed by atoms with Gasteiger partial charge >= 0.3 is 0 Å². The predicted octanol–water partition coefficient (Wildman–Crippen LogP) is 1.69. The van der Waals surface area contributed by atoms with Crippen LogP contribution >= 0.6 is 0 Å². The van der Waals surface area contributed by atoms with E-state index in [9.17, 15) is 9.59 Å². The van der Waals surface area contributed by atoms with E-state index in [-0.39, 0.29) is 24.5 Å². The maximum Gasteiger partial charge on any atom is 0.262 e. The molecule has 2 amide bonds. The topological polar surface area (TPSA) is 76.5 Å². The molecule has 1 fully saturated rings. The number of imidazole rings is 1. The van der Waals surface area contributed by atoms with Crippen LogP contribution in [0.4, 0.5) is 5.69 Å². The number of nitrogens with zero attached hydrogens (tertiary/aromatic N) is 3. The highest BCUT2D eigenvalue weighted by atomic mass is 16.5. The van der Waals surface area contributed by atoms with Crippen molar-refractivity contribution in [3.05, 3.63) is 42.5 Å². The van der Waals surface area contributed by atoms with Gasteiger partial charge in [0, 0.05) is 25.5 Å². The van der Waals surface area contributed by atoms with Crippen LogP contribution in [0.3, 0.4) is 0 Å². The molecule has 3 heterocycles. The Balaban J connectivity index is 1.58. The molecule has 2 aliphatic rings. The molecule has 1 saturated heterocycles. The first-order valence-electron chi connectivity index (χ1n) is 8.05. The van der Waals surface area contributed by atoms with Crippen LogP contribution in [0.2, 0.25) is 0 Å². The minimum Gasteiger partial charge on any atom is -0.481 e. The van der Waals surface area contributed by atoms with Gasteiger partial charge in [-0.2, -0.15) is 0 Å². The molecule has 0 unspecified atom stereocenters. The Bertz CT molecular complexity index is 772. The van der Waals surface area contributed by atoms with Gasteiger partial charge in [0.1, 0.15) is 0 Å². The normalized spacial score (nSPS) is 20.1. The summed E-state index contributed by atoms with van der Waals surface area (Å²) in [5, 5.41) is 2.74. The average molecular weight is 326 g/mol. The molecule has 1 aromatic heterocycles. The first-order chi connectivity index (χ1) is 11.7. The lowest BCUT2D eigenvalue weighted by Gasteiger charge is -2.34. The third kappa shape index (κ3) is 2.62. The lowest BCUT2D eigenvalue weighted by atomic mass is 10.0. The molecule has 0 aliphatic carbocycles. The number of fused-ring (bicyclic) bond motifs is 1. The number of benzene rings is 1. The summed E-state index contributed by atoms with van der Waals surface area (Å²) in [4.78, 5) is 30.4. The van der Waals surface area contributed by atoms with E-state index in [2.05, 4.69) is 14.9 Å². The third-order valence-corrected chi connectivity index (χ3v) is 4.50. The van der Waals surface area contributed by atoms with E-state index in [1.54, 1.807) is 30.7 Å². The molecule has 124 valence electrons. The van der Waals surface area contributed by atoms with Gasteiger partial charge in [0.2, 0.25) is 0 Å². The predicted molar refractivity (Wildman–Crippen MR) is 87.0 cm³/mol. The van der Waals surface area contributed by atoms with Crippen molar-refractivity contribution in [2.45, 2.75) is 18.9 Å². The van der Waals surface area contributed by atoms with Crippen LogP contribution in [0.5, 0.6) is 5.75 Å². The fourth-order valence-electron chi connectivity index (χ4n) is 3.32. The summed E-state index contributed by atoms with van der Waals surface area (Å²) >= 11 is 0. The van der Waals surface area contributed by atoms with E-state index in [1.165, 1.54) is 0 Å². The van der Waals surface area contributed by atoms with E-state index in [0.717, 1.165) is 19.4 Å². The first kappa shape index (κ1) is 14.7. The Morgan fingerprint density at radius 3 is 3.12 bits per heavy atom. The number of anilines is 1. The number of aromatic nitrogens is 2. The van der Waals surface area contributed by atoms with E-state index < -0.39 is 0 Å². The summed E-state index contributed by atoms with van der Waals surface area (Å²) in [6.07, 6.45) is 7.45. The van der Waals surface area contributed by atoms with Crippen LogP contribution in [0, 0.1) is 0 Å². The molecule has 0 spiro atoms. The number of amides is 2. The summed E-state index contributed by atoms with van der Waals surface area (Å²) in [6, 6.07) is 5.50. The van der Waals surface area contributed by atoms with Gasteiger partial charge in [0.05, 0.1) is 23.6 Å². The fraction of sp³-hybridized carbons (Fsp3) is 0.353. The van der Waals surface area contributed by atoms with E-state index in [0.29, 0.717) is 23.5 Å². The van der Waals surface area contributed by atoms with Crippen LogP contribution in [-0.4, -0.2) is 46.0 Å². The minimum absolute atomic E-state index is 0.0606. The number of hydrogen-bond acceptors (Lipinski definition) is 4. The summed E-state index contributed by atoms with van der Waals surface area (Å²) in [6.45, 7) is 1.31. The molecule has 1 N–H and O–H groups in total. The van der Waals surface area contributed by atoms with E-state index >= 15 is 0 Å². The molecule has 24 heavy (non-hydrogen) atoms. The zero-order valence-electron chi connectivity index (χ0n) is 13.1. The van der Waals surface area contributed by atoms with Gasteiger partial charge in [0.15, 0.2) is 12.4 Å². The second-order valence-electron chi connectivity index (χ2n) is 6.08. The zero-order chi connectivity index (χ0) is 16.5. The Hall–Kier alpha value is -2.83. The monoisotopic (exact) mass is 326 g/mol. The number of likely N-dealkylation sites (tertiary alicyclic amines) is 1. The number of carbonyl (C=O) groups is 2. The Labute approximate surface area is 139 Å². The molecular weight excluding hydrogens is 308 g/mol. The van der Waals surface area contributed by atoms with Crippen molar-refractivity contribution < 1.29 is 14.3 Å². The van der Waals surface area contributed by atoms with E-state index in [1.807, 2.05) is 11.1 Å². The molecule has 1 atom stereocenters. The molecule has 2 aliphatic heterocycles. The van der Waals surface area contributed by atoms with Crippen molar-refractivity contribution in [3.8, 4) is 5.75 Å². The van der Waals surface area contributed by atoms with Gasteiger partial charge in [0.25, 0.3) is 11.8 Å². The lowest BCUT2D eigenvalue weighted by molar-refractivity contribution is -0.118. The van der Waals surface area contributed by atoms with Crippen LogP contribution in [0.25, 0.3) is 0 Å². The quantitative estimate of drug-likeness (QED) is 0.911. The van der Waals surface area contributed by atoms with Gasteiger partial charge in [-0.05, 0) is 25.0 Å². The molecule has 4 rings (SSSR count). The van der Waals surface area contributed by atoms with E-state index in [4.69, 9.17) is 4.74 Å². The number of hydrogen-bond donors (Lipinski definition) is 1. The van der Waals surface area contributed by atoms with Gasteiger partial charge in [-0.15, -0.1) is 0 Å². The molecule has 0 saturated carbocycles. The van der Waals surface area contributed by atoms with Crippen LogP contribution in [0.1, 0.15) is 29.2 Å². The van der Waals surface area contributed by atoms with Crippen molar-refractivity contribution in [1.29, 1.82) is 0 Å². The van der Waals surface area contributed by atoms with Crippen molar-refractivity contribution in [2.75, 3.05) is 25.0 Å². The number of rotatable bonds is 2.